The summed E-state index contributed by atoms with van der Waals surface area (Å²) in [6.45, 7) is 5.50. The predicted octanol–water partition coefficient (Wildman–Crippen LogP) is 10.5. The first-order chi connectivity index (χ1) is 21.0. The van der Waals surface area contributed by atoms with E-state index in [0.717, 1.165) is 55.2 Å². The zero-order valence-corrected chi connectivity index (χ0v) is 25.9. The number of carbonyl (C=O) groups excluding carboxylic acids is 2. The molecular weight excluding hydrogens is 532 g/mol. The van der Waals surface area contributed by atoms with Crippen LogP contribution in [0.25, 0.3) is 12.2 Å². The van der Waals surface area contributed by atoms with E-state index in [2.05, 4.69) is 73.8 Å². The lowest BCUT2D eigenvalue weighted by Crippen LogP contribution is -2.07. The normalized spacial score (nSPS) is 12.3. The molecule has 4 heteroatoms. The fourth-order valence-electron chi connectivity index (χ4n) is 3.96. The van der Waals surface area contributed by atoms with Crippen LogP contribution in [0.3, 0.4) is 0 Å². The molecule has 0 aliphatic carbocycles. The summed E-state index contributed by atoms with van der Waals surface area (Å²) in [6, 6.07) is 13.0. The molecule has 0 N–H and O–H groups in total. The first-order valence-electron chi connectivity index (χ1n) is 15.1. The van der Waals surface area contributed by atoms with Crippen LogP contribution in [0.5, 0.6) is 11.5 Å². The minimum absolute atomic E-state index is 0.249. The van der Waals surface area contributed by atoms with Crippen molar-refractivity contribution >= 4 is 24.1 Å². The number of esters is 2. The third kappa shape index (κ3) is 17.9. The van der Waals surface area contributed by atoms with Crippen LogP contribution in [0.2, 0.25) is 0 Å². The highest BCUT2D eigenvalue weighted by molar-refractivity contribution is 5.75. The zero-order chi connectivity index (χ0) is 31.0. The van der Waals surface area contributed by atoms with Crippen LogP contribution in [0.15, 0.2) is 115 Å². The Morgan fingerprint density at radius 3 is 1.65 bits per heavy atom. The lowest BCUT2D eigenvalue weighted by atomic mass is 10.1. The molecule has 0 aliphatic rings. The van der Waals surface area contributed by atoms with Gasteiger partial charge in [-0.15, -0.1) is 0 Å². The Bertz CT molecular complexity index is 1320. The van der Waals surface area contributed by atoms with Gasteiger partial charge >= 0.3 is 11.9 Å². The first kappa shape index (κ1) is 34.8. The summed E-state index contributed by atoms with van der Waals surface area (Å²) < 4.78 is 10.7. The van der Waals surface area contributed by atoms with Gasteiger partial charge in [0.15, 0.2) is 0 Å². The molecule has 2 aromatic carbocycles. The van der Waals surface area contributed by atoms with Crippen LogP contribution in [-0.2, 0) is 9.59 Å². The summed E-state index contributed by atoms with van der Waals surface area (Å²) >= 11 is 0. The van der Waals surface area contributed by atoms with Crippen molar-refractivity contribution in [3.8, 4) is 11.5 Å². The number of ether oxygens (including phenoxy) is 2. The van der Waals surface area contributed by atoms with Gasteiger partial charge < -0.3 is 9.47 Å². The summed E-state index contributed by atoms with van der Waals surface area (Å²) in [4.78, 5) is 23.4. The molecule has 0 saturated carbocycles. The minimum atomic E-state index is -0.345. The largest absolute Gasteiger partial charge is 0.427 e. The molecule has 0 radical (unpaired) electrons. The molecule has 0 spiro atoms. The van der Waals surface area contributed by atoms with Gasteiger partial charge in [-0.3, -0.25) is 9.59 Å². The molecule has 0 fully saturated rings. The van der Waals surface area contributed by atoms with Crippen molar-refractivity contribution in [3.05, 3.63) is 132 Å². The molecule has 0 unspecified atom stereocenters. The molecule has 43 heavy (non-hydrogen) atoms. The van der Waals surface area contributed by atoms with Crippen LogP contribution in [-0.4, -0.2) is 11.9 Å². The molecule has 4 nitrogen and oxygen atoms in total. The lowest BCUT2D eigenvalue weighted by Gasteiger charge is -2.06. The number of allylic oxidation sites excluding steroid dienone is 12. The Labute approximate surface area is 258 Å². The Hall–Kier alpha value is -4.44. The second kappa shape index (κ2) is 22.2. The second-order valence-electron chi connectivity index (χ2n) is 10.0. The smallest absolute Gasteiger partial charge is 0.311 e. The van der Waals surface area contributed by atoms with Gasteiger partial charge in [-0.2, -0.15) is 0 Å². The summed E-state index contributed by atoms with van der Waals surface area (Å²) in [7, 11) is 0. The molecule has 2 rings (SSSR count). The number of aryl methyl sites for hydroxylation is 1. The maximum absolute atomic E-state index is 12.4. The van der Waals surface area contributed by atoms with Gasteiger partial charge in [-0.1, -0.05) is 110 Å². The second-order valence-corrected chi connectivity index (χ2v) is 10.0. The topological polar surface area (TPSA) is 52.6 Å². The summed E-state index contributed by atoms with van der Waals surface area (Å²) in [5, 5.41) is 0. The maximum atomic E-state index is 12.4. The van der Waals surface area contributed by atoms with E-state index in [0.29, 0.717) is 24.3 Å². The van der Waals surface area contributed by atoms with E-state index < -0.39 is 0 Å². The molecule has 0 saturated heterocycles. The van der Waals surface area contributed by atoms with Crippen LogP contribution in [0.1, 0.15) is 81.9 Å². The average molecular weight is 579 g/mol. The van der Waals surface area contributed by atoms with Gasteiger partial charge in [-0.25, -0.2) is 0 Å². The summed E-state index contributed by atoms with van der Waals surface area (Å²) in [6.07, 6.45) is 36.7. The van der Waals surface area contributed by atoms with Crippen molar-refractivity contribution in [2.24, 2.45) is 0 Å². The molecule has 0 bridgehead atoms. The SMILES string of the molecule is CC/C=C\C/C=C\C/C=C\C/C=C\C/C=C\C/C=C\CCC(=O)Oc1cc(C)cc(/C=C/c2ccc(OC(C)=O)cc2)c1. The van der Waals surface area contributed by atoms with Crippen LogP contribution >= 0.6 is 0 Å². The van der Waals surface area contributed by atoms with Gasteiger partial charge in [0.25, 0.3) is 0 Å². The molecule has 0 aromatic heterocycles. The van der Waals surface area contributed by atoms with Gasteiger partial charge in [0, 0.05) is 13.3 Å². The van der Waals surface area contributed by atoms with E-state index in [-0.39, 0.29) is 11.9 Å². The Kier molecular flexibility index (Phi) is 17.9. The number of hydrogen-bond donors (Lipinski definition) is 0. The number of hydrogen-bond acceptors (Lipinski definition) is 4. The van der Waals surface area contributed by atoms with E-state index in [1.165, 1.54) is 6.92 Å². The van der Waals surface area contributed by atoms with Crippen molar-refractivity contribution in [1.82, 2.24) is 0 Å². The number of rotatable bonds is 18. The van der Waals surface area contributed by atoms with E-state index in [1.807, 2.05) is 55.5 Å². The molecular formula is C39H46O4. The molecule has 0 heterocycles. The molecule has 0 amide bonds. The predicted molar refractivity (Wildman–Crippen MR) is 181 cm³/mol. The summed E-state index contributed by atoms with van der Waals surface area (Å²) in [5.74, 6) is 0.458. The van der Waals surface area contributed by atoms with Crippen molar-refractivity contribution in [2.45, 2.75) is 72.1 Å². The highest BCUT2D eigenvalue weighted by Gasteiger charge is 2.05. The molecule has 0 atom stereocenters. The standard InChI is InChI=1S/C39H46O4/c1-4-5-6-7-8-9-10-11-12-13-14-15-16-17-18-19-20-21-22-23-39(41)43-38-31-33(2)30-36(32-38)25-24-35-26-28-37(29-27-35)42-34(3)40/h5-6,8-9,11-12,14-15,17-18,20-21,24-32H,4,7,10,13,16,19,22-23H2,1-3H3/b6-5-,9-8-,12-11-,15-14-,18-17-,21-20-,25-24+. The Morgan fingerprint density at radius 1 is 0.605 bits per heavy atom. The fraction of sp³-hybridized carbons (Fsp3) is 0.282. The first-order valence-corrected chi connectivity index (χ1v) is 15.1. The number of carbonyl (C=O) groups is 2. The Morgan fingerprint density at radius 2 is 1.12 bits per heavy atom. The van der Waals surface area contributed by atoms with Gasteiger partial charge in [-0.05, 0) is 92.8 Å². The van der Waals surface area contributed by atoms with Gasteiger partial charge in [0.2, 0.25) is 0 Å². The number of benzene rings is 2. The Balaban J connectivity index is 1.63. The van der Waals surface area contributed by atoms with Gasteiger partial charge in [0.1, 0.15) is 11.5 Å². The van der Waals surface area contributed by atoms with Crippen molar-refractivity contribution in [1.29, 1.82) is 0 Å². The zero-order valence-electron chi connectivity index (χ0n) is 25.9. The highest BCUT2D eigenvalue weighted by Crippen LogP contribution is 2.20. The van der Waals surface area contributed by atoms with Crippen molar-refractivity contribution in [3.63, 3.8) is 0 Å². The molecule has 2 aromatic rings. The third-order valence-corrected chi connectivity index (χ3v) is 6.03. The van der Waals surface area contributed by atoms with E-state index in [1.54, 1.807) is 12.1 Å². The minimum Gasteiger partial charge on any atom is -0.427 e. The van der Waals surface area contributed by atoms with Crippen molar-refractivity contribution < 1.29 is 19.1 Å². The molecule has 0 aliphatic heterocycles. The monoisotopic (exact) mass is 578 g/mol. The maximum Gasteiger partial charge on any atom is 0.311 e. The van der Waals surface area contributed by atoms with E-state index in [9.17, 15) is 9.59 Å². The molecule has 226 valence electrons. The summed E-state index contributed by atoms with van der Waals surface area (Å²) in [5.41, 5.74) is 2.91. The lowest BCUT2D eigenvalue weighted by molar-refractivity contribution is -0.134. The highest BCUT2D eigenvalue weighted by atomic mass is 16.5. The average Bonchev–Trinajstić information content (AvgIpc) is 2.97. The van der Waals surface area contributed by atoms with E-state index in [4.69, 9.17) is 9.47 Å². The van der Waals surface area contributed by atoms with E-state index >= 15 is 0 Å². The quantitative estimate of drug-likeness (QED) is 0.0764. The van der Waals surface area contributed by atoms with Gasteiger partial charge in [0.05, 0.1) is 0 Å². The van der Waals surface area contributed by atoms with Crippen LogP contribution in [0, 0.1) is 6.92 Å². The van der Waals surface area contributed by atoms with Crippen LogP contribution < -0.4 is 9.47 Å². The van der Waals surface area contributed by atoms with Crippen LogP contribution in [0.4, 0.5) is 0 Å². The fourth-order valence-corrected chi connectivity index (χ4v) is 3.96. The third-order valence-electron chi connectivity index (χ3n) is 6.03. The van der Waals surface area contributed by atoms with Crippen molar-refractivity contribution in [2.75, 3.05) is 0 Å².